The van der Waals surface area contributed by atoms with Gasteiger partial charge in [-0.1, -0.05) is 84.2 Å². The zero-order valence-corrected chi connectivity index (χ0v) is 19.3. The van der Waals surface area contributed by atoms with Gasteiger partial charge in [0.2, 0.25) is 0 Å². The first-order valence-corrected chi connectivity index (χ1v) is 11.2. The number of carbonyl (C=O) groups excluding carboxylic acids is 2. The van der Waals surface area contributed by atoms with Crippen LogP contribution in [0, 0.1) is 0 Å². The highest BCUT2D eigenvalue weighted by atomic mass is 35.5. The van der Waals surface area contributed by atoms with Gasteiger partial charge < -0.3 is 9.47 Å². The van der Waals surface area contributed by atoms with E-state index in [1.54, 1.807) is 36.4 Å². The average molecular weight is 492 g/mol. The third-order valence-electron chi connectivity index (χ3n) is 4.28. The summed E-state index contributed by atoms with van der Waals surface area (Å²) in [5, 5.41) is 1.25. The van der Waals surface area contributed by atoms with E-state index >= 15 is 0 Å². The summed E-state index contributed by atoms with van der Waals surface area (Å²) in [7, 11) is 0. The van der Waals surface area contributed by atoms with Gasteiger partial charge in [0.25, 0.3) is 0 Å². The van der Waals surface area contributed by atoms with Crippen LogP contribution in [0.1, 0.15) is 51.4 Å². The summed E-state index contributed by atoms with van der Waals surface area (Å²) < 4.78 is 10.5. The zero-order chi connectivity index (χ0) is 21.9. The molecule has 0 N–H and O–H groups in total. The molecule has 162 valence electrons. The number of hydrogen-bond donors (Lipinski definition) is 0. The molecule has 0 bridgehead atoms. The van der Waals surface area contributed by atoms with Crippen molar-refractivity contribution in [3.63, 3.8) is 0 Å². The van der Waals surface area contributed by atoms with Crippen LogP contribution < -0.4 is 9.47 Å². The van der Waals surface area contributed by atoms with Crippen molar-refractivity contribution in [1.29, 1.82) is 0 Å². The Hall–Kier alpha value is -1.46. The van der Waals surface area contributed by atoms with Gasteiger partial charge in [-0.15, -0.1) is 0 Å². The van der Waals surface area contributed by atoms with Gasteiger partial charge in [0, 0.05) is 12.8 Å². The van der Waals surface area contributed by atoms with Crippen molar-refractivity contribution in [1.82, 2.24) is 0 Å². The monoisotopic (exact) mass is 490 g/mol. The largest absolute Gasteiger partial charge is 0.423 e. The molecule has 0 amide bonds. The van der Waals surface area contributed by atoms with E-state index in [2.05, 4.69) is 0 Å². The summed E-state index contributed by atoms with van der Waals surface area (Å²) >= 11 is 23.9. The summed E-state index contributed by atoms with van der Waals surface area (Å²) in [5.41, 5.74) is 0. The Morgan fingerprint density at radius 1 is 0.567 bits per heavy atom. The molecule has 0 atom stereocenters. The Bertz CT molecular complexity index is 758. The second-order valence-electron chi connectivity index (χ2n) is 6.67. The van der Waals surface area contributed by atoms with E-state index in [0.29, 0.717) is 45.8 Å². The van der Waals surface area contributed by atoms with Crippen molar-refractivity contribution >= 4 is 58.3 Å². The van der Waals surface area contributed by atoms with Crippen LogP contribution in [-0.2, 0) is 9.59 Å². The highest BCUT2D eigenvalue weighted by Gasteiger charge is 2.13. The Labute approximate surface area is 196 Å². The summed E-state index contributed by atoms with van der Waals surface area (Å²) in [6.45, 7) is 0. The molecule has 0 aliphatic rings. The molecule has 0 aliphatic heterocycles. The number of halogens is 4. The van der Waals surface area contributed by atoms with Gasteiger partial charge in [-0.05, 0) is 37.1 Å². The summed E-state index contributed by atoms with van der Waals surface area (Å²) in [6.07, 6.45) is 5.74. The van der Waals surface area contributed by atoms with Gasteiger partial charge in [0.1, 0.15) is 0 Å². The van der Waals surface area contributed by atoms with E-state index in [1.165, 1.54) is 0 Å². The van der Waals surface area contributed by atoms with E-state index < -0.39 is 0 Å². The molecule has 2 rings (SSSR count). The normalized spacial score (nSPS) is 10.7. The van der Waals surface area contributed by atoms with E-state index in [-0.39, 0.29) is 23.4 Å². The van der Waals surface area contributed by atoms with Gasteiger partial charge >= 0.3 is 11.9 Å². The molecule has 0 saturated heterocycles. The molecule has 8 heteroatoms. The second kappa shape index (κ2) is 13.1. The third kappa shape index (κ3) is 8.35. The molecular formula is C22H22Cl4O4. The molecule has 0 fully saturated rings. The van der Waals surface area contributed by atoms with Crippen LogP contribution in [0.25, 0.3) is 0 Å². The molecule has 2 aromatic rings. The first-order chi connectivity index (χ1) is 14.4. The standard InChI is InChI=1S/C22H22Cl4O4/c23-15-9-7-10-16(24)21(15)29-19(27)13-5-3-1-2-4-6-14-20(28)30-22-17(25)11-8-12-18(22)26/h7-12H,1-6,13-14H2. The minimum Gasteiger partial charge on any atom is -0.423 e. The molecular weight excluding hydrogens is 470 g/mol. The van der Waals surface area contributed by atoms with Crippen LogP contribution in [0.4, 0.5) is 0 Å². The minimum atomic E-state index is -0.356. The minimum absolute atomic E-state index is 0.204. The number of para-hydroxylation sites is 2. The lowest BCUT2D eigenvalue weighted by molar-refractivity contribution is -0.135. The second-order valence-corrected chi connectivity index (χ2v) is 8.30. The predicted octanol–water partition coefficient (Wildman–Crippen LogP) is 7.93. The molecule has 0 unspecified atom stereocenters. The first kappa shape index (κ1) is 24.8. The number of carbonyl (C=O) groups is 2. The zero-order valence-electron chi connectivity index (χ0n) is 16.3. The van der Waals surface area contributed by atoms with Crippen molar-refractivity contribution in [2.75, 3.05) is 0 Å². The van der Waals surface area contributed by atoms with Crippen LogP contribution in [-0.4, -0.2) is 11.9 Å². The Morgan fingerprint density at radius 2 is 0.867 bits per heavy atom. The highest BCUT2D eigenvalue weighted by Crippen LogP contribution is 2.33. The maximum Gasteiger partial charge on any atom is 0.311 e. The van der Waals surface area contributed by atoms with E-state index in [1.807, 2.05) is 0 Å². The smallest absolute Gasteiger partial charge is 0.311 e. The molecule has 2 aromatic carbocycles. The molecule has 0 radical (unpaired) electrons. The van der Waals surface area contributed by atoms with Crippen molar-refractivity contribution in [3.8, 4) is 11.5 Å². The van der Waals surface area contributed by atoms with Crippen LogP contribution in [0.2, 0.25) is 20.1 Å². The van der Waals surface area contributed by atoms with Crippen LogP contribution in [0.15, 0.2) is 36.4 Å². The SMILES string of the molecule is O=C(CCCCCCCCC(=O)Oc1c(Cl)cccc1Cl)Oc1c(Cl)cccc1Cl. The number of esters is 2. The molecule has 0 saturated carbocycles. The molecule has 0 heterocycles. The molecule has 4 nitrogen and oxygen atoms in total. The topological polar surface area (TPSA) is 52.6 Å². The Morgan fingerprint density at radius 3 is 1.20 bits per heavy atom. The fourth-order valence-corrected chi connectivity index (χ4v) is 3.68. The van der Waals surface area contributed by atoms with E-state index in [0.717, 1.165) is 25.7 Å². The quantitative estimate of drug-likeness (QED) is 0.182. The fourth-order valence-electron chi connectivity index (χ4n) is 2.74. The Balaban J connectivity index is 1.54. The van der Waals surface area contributed by atoms with Crippen LogP contribution in [0.3, 0.4) is 0 Å². The first-order valence-electron chi connectivity index (χ1n) is 9.68. The summed E-state index contributed by atoms with van der Waals surface area (Å²) in [4.78, 5) is 23.8. The maximum atomic E-state index is 11.9. The van der Waals surface area contributed by atoms with Gasteiger partial charge in [0.15, 0.2) is 11.5 Å². The average Bonchev–Trinajstić information content (AvgIpc) is 2.70. The summed E-state index contributed by atoms with van der Waals surface area (Å²) in [6, 6.07) is 9.86. The third-order valence-corrected chi connectivity index (χ3v) is 5.47. The fraction of sp³-hybridized carbons (Fsp3) is 0.364. The molecule has 0 aromatic heterocycles. The van der Waals surface area contributed by atoms with Crippen LogP contribution in [0.5, 0.6) is 11.5 Å². The number of ether oxygens (including phenoxy) is 2. The van der Waals surface area contributed by atoms with Gasteiger partial charge in [0.05, 0.1) is 20.1 Å². The van der Waals surface area contributed by atoms with Crippen LogP contribution >= 0.6 is 46.4 Å². The predicted molar refractivity (Wildman–Crippen MR) is 121 cm³/mol. The Kier molecular flexibility index (Phi) is 10.8. The number of benzene rings is 2. The van der Waals surface area contributed by atoms with Crippen molar-refractivity contribution in [2.45, 2.75) is 51.4 Å². The lowest BCUT2D eigenvalue weighted by Crippen LogP contribution is -2.08. The lowest BCUT2D eigenvalue weighted by Gasteiger charge is -2.08. The van der Waals surface area contributed by atoms with Crippen molar-refractivity contribution < 1.29 is 19.1 Å². The lowest BCUT2D eigenvalue weighted by atomic mass is 10.1. The molecule has 0 aliphatic carbocycles. The maximum absolute atomic E-state index is 11.9. The van der Waals surface area contributed by atoms with Gasteiger partial charge in [-0.3, -0.25) is 9.59 Å². The molecule has 0 spiro atoms. The van der Waals surface area contributed by atoms with Gasteiger partial charge in [-0.2, -0.15) is 0 Å². The van der Waals surface area contributed by atoms with E-state index in [9.17, 15) is 9.59 Å². The van der Waals surface area contributed by atoms with Gasteiger partial charge in [-0.25, -0.2) is 0 Å². The number of rotatable bonds is 11. The highest BCUT2D eigenvalue weighted by molar-refractivity contribution is 6.37. The van der Waals surface area contributed by atoms with Crippen molar-refractivity contribution in [2.24, 2.45) is 0 Å². The molecule has 30 heavy (non-hydrogen) atoms. The number of hydrogen-bond acceptors (Lipinski definition) is 4. The van der Waals surface area contributed by atoms with Crippen molar-refractivity contribution in [3.05, 3.63) is 56.5 Å². The summed E-state index contributed by atoms with van der Waals surface area (Å²) in [5.74, 6) is -0.302. The number of unbranched alkanes of at least 4 members (excludes halogenated alkanes) is 5. The van der Waals surface area contributed by atoms with E-state index in [4.69, 9.17) is 55.9 Å².